The van der Waals surface area contributed by atoms with Gasteiger partial charge in [0.2, 0.25) is 0 Å². The summed E-state index contributed by atoms with van der Waals surface area (Å²) >= 11 is 0. The lowest BCUT2D eigenvalue weighted by Crippen LogP contribution is -2.22. The van der Waals surface area contributed by atoms with E-state index in [2.05, 4.69) is 0 Å². The molecule has 18 heavy (non-hydrogen) atoms. The summed E-state index contributed by atoms with van der Waals surface area (Å²) < 4.78 is 38.0. The molecule has 0 saturated heterocycles. The highest BCUT2D eigenvalue weighted by Gasteiger charge is 2.38. The van der Waals surface area contributed by atoms with Crippen molar-refractivity contribution in [1.82, 2.24) is 0 Å². The molecule has 0 heterocycles. The predicted molar refractivity (Wildman–Crippen MR) is 58.5 cm³/mol. The van der Waals surface area contributed by atoms with Gasteiger partial charge in [-0.05, 0) is 12.1 Å². The van der Waals surface area contributed by atoms with Gasteiger partial charge in [0.15, 0.2) is 0 Å². The van der Waals surface area contributed by atoms with Crippen molar-refractivity contribution in [2.24, 2.45) is 0 Å². The Balaban J connectivity index is 3.26. The number of nitro benzene ring substituents is 1. The number of aliphatic hydroxyl groups excluding tert-OH is 1. The van der Waals surface area contributed by atoms with E-state index in [4.69, 9.17) is 5.11 Å². The molecule has 1 rings (SSSR count). The second-order valence-corrected chi connectivity index (χ2v) is 3.60. The second kappa shape index (κ2) is 5.21. The number of likely N-dealkylation sites (N-methyl/N-ethyl adjacent to an activating group) is 1. The Morgan fingerprint density at radius 3 is 2.50 bits per heavy atom. The van der Waals surface area contributed by atoms with Gasteiger partial charge in [-0.15, -0.1) is 0 Å². The van der Waals surface area contributed by atoms with Crippen molar-refractivity contribution in [2.75, 3.05) is 25.1 Å². The molecule has 0 aliphatic heterocycles. The zero-order chi connectivity index (χ0) is 13.9. The van der Waals surface area contributed by atoms with Crippen LogP contribution in [0.5, 0.6) is 0 Å². The number of anilines is 1. The SMILES string of the molecule is CN(CCO)c1ccc([N+](=O)[O-])c(C(F)(F)F)c1. The standard InChI is InChI=1S/C10H11F3N2O3/c1-14(4-5-16)7-2-3-9(15(17)18)8(6-7)10(11,12)13/h2-3,6,16H,4-5H2,1H3. The molecule has 0 aromatic heterocycles. The summed E-state index contributed by atoms with van der Waals surface area (Å²) in [5.41, 5.74) is -2.12. The van der Waals surface area contributed by atoms with E-state index < -0.39 is 22.4 Å². The van der Waals surface area contributed by atoms with Gasteiger partial charge >= 0.3 is 6.18 Å². The van der Waals surface area contributed by atoms with Crippen molar-refractivity contribution >= 4 is 11.4 Å². The van der Waals surface area contributed by atoms with Gasteiger partial charge in [0.05, 0.1) is 11.5 Å². The minimum Gasteiger partial charge on any atom is -0.395 e. The van der Waals surface area contributed by atoms with Crippen LogP contribution in [0.2, 0.25) is 0 Å². The number of benzene rings is 1. The molecular weight excluding hydrogens is 253 g/mol. The summed E-state index contributed by atoms with van der Waals surface area (Å²) in [4.78, 5) is 10.8. The van der Waals surface area contributed by atoms with E-state index in [0.717, 1.165) is 6.07 Å². The van der Waals surface area contributed by atoms with Gasteiger partial charge in [0, 0.05) is 25.3 Å². The molecule has 100 valence electrons. The Labute approximate surface area is 101 Å². The van der Waals surface area contributed by atoms with Crippen molar-refractivity contribution in [3.63, 3.8) is 0 Å². The Morgan fingerprint density at radius 2 is 2.06 bits per heavy atom. The summed E-state index contributed by atoms with van der Waals surface area (Å²) in [6.07, 6.45) is -4.79. The molecule has 0 aliphatic carbocycles. The Hall–Kier alpha value is -1.83. The number of hydrogen-bond acceptors (Lipinski definition) is 4. The average Bonchev–Trinajstić information content (AvgIpc) is 2.27. The second-order valence-electron chi connectivity index (χ2n) is 3.60. The number of alkyl halides is 3. The molecule has 0 spiro atoms. The first-order valence-electron chi connectivity index (χ1n) is 4.95. The van der Waals surface area contributed by atoms with Gasteiger partial charge in [-0.1, -0.05) is 0 Å². The van der Waals surface area contributed by atoms with E-state index in [9.17, 15) is 23.3 Å². The van der Waals surface area contributed by atoms with Crippen LogP contribution in [-0.2, 0) is 6.18 Å². The summed E-state index contributed by atoms with van der Waals surface area (Å²) in [5.74, 6) is 0. The highest BCUT2D eigenvalue weighted by Crippen LogP contribution is 2.38. The van der Waals surface area contributed by atoms with E-state index in [1.54, 1.807) is 0 Å². The summed E-state index contributed by atoms with van der Waals surface area (Å²) in [6, 6.07) is 2.73. The zero-order valence-electron chi connectivity index (χ0n) is 9.44. The molecule has 1 aromatic carbocycles. The maximum absolute atomic E-state index is 12.7. The van der Waals surface area contributed by atoms with E-state index in [0.29, 0.717) is 6.07 Å². The first kappa shape index (κ1) is 14.2. The average molecular weight is 264 g/mol. The van der Waals surface area contributed by atoms with Crippen LogP contribution >= 0.6 is 0 Å². The van der Waals surface area contributed by atoms with E-state index in [-0.39, 0.29) is 18.8 Å². The zero-order valence-corrected chi connectivity index (χ0v) is 9.44. The molecule has 8 heteroatoms. The van der Waals surface area contributed by atoms with Gasteiger partial charge in [-0.25, -0.2) is 0 Å². The third-order valence-electron chi connectivity index (χ3n) is 2.36. The first-order chi connectivity index (χ1) is 8.27. The molecule has 0 unspecified atom stereocenters. The molecule has 0 saturated carbocycles. The largest absolute Gasteiger partial charge is 0.423 e. The van der Waals surface area contributed by atoms with E-state index in [1.165, 1.54) is 18.0 Å². The molecule has 0 radical (unpaired) electrons. The van der Waals surface area contributed by atoms with E-state index >= 15 is 0 Å². The maximum atomic E-state index is 12.7. The van der Waals surface area contributed by atoms with Crippen molar-refractivity contribution < 1.29 is 23.2 Å². The minimum atomic E-state index is -4.79. The minimum absolute atomic E-state index is 0.134. The van der Waals surface area contributed by atoms with Crippen molar-refractivity contribution in [1.29, 1.82) is 0 Å². The number of rotatable bonds is 4. The van der Waals surface area contributed by atoms with Crippen LogP contribution < -0.4 is 4.90 Å². The fourth-order valence-electron chi connectivity index (χ4n) is 1.43. The summed E-state index contributed by atoms with van der Waals surface area (Å²) in [5, 5.41) is 19.2. The summed E-state index contributed by atoms with van der Waals surface area (Å²) in [7, 11) is 1.48. The van der Waals surface area contributed by atoms with Gasteiger partial charge in [-0.2, -0.15) is 13.2 Å². The lowest BCUT2D eigenvalue weighted by molar-refractivity contribution is -0.388. The van der Waals surface area contributed by atoms with Crippen LogP contribution in [-0.4, -0.2) is 30.2 Å². The topological polar surface area (TPSA) is 66.6 Å². The van der Waals surface area contributed by atoms with E-state index in [1.807, 2.05) is 0 Å². The van der Waals surface area contributed by atoms with Gasteiger partial charge < -0.3 is 10.0 Å². The van der Waals surface area contributed by atoms with Gasteiger partial charge in [-0.3, -0.25) is 10.1 Å². The van der Waals surface area contributed by atoms with Crippen LogP contribution in [0.1, 0.15) is 5.56 Å². The molecule has 0 aliphatic rings. The number of nitrogens with zero attached hydrogens (tertiary/aromatic N) is 2. The van der Waals surface area contributed by atoms with Crippen molar-refractivity contribution in [2.45, 2.75) is 6.18 Å². The van der Waals surface area contributed by atoms with Crippen LogP contribution in [0.25, 0.3) is 0 Å². The van der Waals surface area contributed by atoms with Crippen LogP contribution in [0.4, 0.5) is 24.5 Å². The van der Waals surface area contributed by atoms with Crippen molar-refractivity contribution in [3.05, 3.63) is 33.9 Å². The highest BCUT2D eigenvalue weighted by molar-refractivity contribution is 5.56. The molecular formula is C10H11F3N2O3. The number of halogens is 3. The molecule has 0 fully saturated rings. The van der Waals surface area contributed by atoms with Crippen LogP contribution in [0, 0.1) is 10.1 Å². The molecule has 0 amide bonds. The Morgan fingerprint density at radius 1 is 1.44 bits per heavy atom. The van der Waals surface area contributed by atoms with Crippen LogP contribution in [0.3, 0.4) is 0 Å². The lowest BCUT2D eigenvalue weighted by Gasteiger charge is -2.19. The Bertz CT molecular complexity index is 448. The van der Waals surface area contributed by atoms with Gasteiger partial charge in [0.25, 0.3) is 5.69 Å². The Kier molecular flexibility index (Phi) is 4.12. The number of nitro groups is 1. The third-order valence-corrected chi connectivity index (χ3v) is 2.36. The molecule has 0 bridgehead atoms. The number of aliphatic hydroxyl groups is 1. The fraction of sp³-hybridized carbons (Fsp3) is 0.400. The molecule has 1 aromatic rings. The smallest absolute Gasteiger partial charge is 0.395 e. The molecule has 0 atom stereocenters. The fourth-order valence-corrected chi connectivity index (χ4v) is 1.43. The first-order valence-corrected chi connectivity index (χ1v) is 4.95. The monoisotopic (exact) mass is 264 g/mol. The lowest BCUT2D eigenvalue weighted by atomic mass is 10.1. The maximum Gasteiger partial charge on any atom is 0.423 e. The normalized spacial score (nSPS) is 11.4. The third kappa shape index (κ3) is 3.10. The van der Waals surface area contributed by atoms with Crippen LogP contribution in [0.15, 0.2) is 18.2 Å². The molecule has 1 N–H and O–H groups in total. The highest BCUT2D eigenvalue weighted by atomic mass is 19.4. The quantitative estimate of drug-likeness (QED) is 0.667. The molecule has 5 nitrogen and oxygen atoms in total. The summed E-state index contributed by atoms with van der Waals surface area (Å²) in [6.45, 7) is -0.0933. The predicted octanol–water partition coefficient (Wildman–Crippen LogP) is 2.04. The van der Waals surface area contributed by atoms with Crippen molar-refractivity contribution in [3.8, 4) is 0 Å². The number of hydrogen-bond donors (Lipinski definition) is 1. The van der Waals surface area contributed by atoms with Gasteiger partial charge in [0.1, 0.15) is 5.56 Å².